The molecule has 0 atom stereocenters. The first-order chi connectivity index (χ1) is 11.3. The van der Waals surface area contributed by atoms with Gasteiger partial charge in [-0.15, -0.1) is 0 Å². The number of amides is 2. The predicted molar refractivity (Wildman–Crippen MR) is 87.0 cm³/mol. The highest BCUT2D eigenvalue weighted by atomic mass is 16.7. The predicted octanol–water partition coefficient (Wildman–Crippen LogP) is 2.51. The SMILES string of the molecule is O=C(Nc1ccc2c(c1)OCO2)N1CCN(C2CCCC2)CC1. The number of benzene rings is 1. The lowest BCUT2D eigenvalue weighted by molar-refractivity contribution is 0.115. The standard InChI is InChI=1S/C17H23N3O3/c21-17(18-13-5-6-15-16(11-13)23-12-22-15)20-9-7-19(8-10-20)14-3-1-2-4-14/h5-6,11,14H,1-4,7-10,12H2,(H,18,21). The summed E-state index contributed by atoms with van der Waals surface area (Å²) >= 11 is 0. The fraction of sp³-hybridized carbons (Fsp3) is 0.588. The molecule has 1 aliphatic carbocycles. The number of piperazine rings is 1. The monoisotopic (exact) mass is 317 g/mol. The molecule has 0 unspecified atom stereocenters. The summed E-state index contributed by atoms with van der Waals surface area (Å²) in [6.07, 6.45) is 5.36. The van der Waals surface area contributed by atoms with Crippen LogP contribution in [-0.4, -0.2) is 54.8 Å². The molecule has 2 amide bonds. The summed E-state index contributed by atoms with van der Waals surface area (Å²) in [6, 6.07) is 6.20. The minimum atomic E-state index is -0.0325. The number of hydrogen-bond donors (Lipinski definition) is 1. The van der Waals surface area contributed by atoms with Crippen LogP contribution in [0.1, 0.15) is 25.7 Å². The van der Waals surface area contributed by atoms with Gasteiger partial charge in [-0.1, -0.05) is 12.8 Å². The topological polar surface area (TPSA) is 54.0 Å². The van der Waals surface area contributed by atoms with Gasteiger partial charge in [0.2, 0.25) is 6.79 Å². The molecule has 2 aliphatic heterocycles. The molecule has 1 N–H and O–H groups in total. The molecule has 1 saturated heterocycles. The van der Waals surface area contributed by atoms with E-state index in [4.69, 9.17) is 9.47 Å². The summed E-state index contributed by atoms with van der Waals surface area (Å²) in [5.74, 6) is 1.42. The van der Waals surface area contributed by atoms with E-state index in [1.165, 1.54) is 25.7 Å². The van der Waals surface area contributed by atoms with Crippen LogP contribution in [0, 0.1) is 0 Å². The number of fused-ring (bicyclic) bond motifs is 1. The van der Waals surface area contributed by atoms with Gasteiger partial charge in [0.25, 0.3) is 0 Å². The Morgan fingerprint density at radius 1 is 1.04 bits per heavy atom. The number of nitrogens with zero attached hydrogens (tertiary/aromatic N) is 2. The summed E-state index contributed by atoms with van der Waals surface area (Å²) in [6.45, 7) is 3.81. The Hall–Kier alpha value is -1.95. The molecule has 4 rings (SSSR count). The molecule has 124 valence electrons. The number of anilines is 1. The van der Waals surface area contributed by atoms with Crippen molar-refractivity contribution in [2.45, 2.75) is 31.7 Å². The zero-order chi connectivity index (χ0) is 15.6. The Bertz CT molecular complexity index is 578. The molecule has 0 bridgehead atoms. The molecule has 1 aromatic carbocycles. The molecule has 6 heteroatoms. The van der Waals surface area contributed by atoms with Crippen LogP contribution in [0.15, 0.2) is 18.2 Å². The molecule has 3 aliphatic rings. The first kappa shape index (κ1) is 14.6. The van der Waals surface area contributed by atoms with E-state index in [0.29, 0.717) is 5.75 Å². The van der Waals surface area contributed by atoms with E-state index in [-0.39, 0.29) is 12.8 Å². The Morgan fingerprint density at radius 2 is 1.78 bits per heavy atom. The first-order valence-corrected chi connectivity index (χ1v) is 8.49. The van der Waals surface area contributed by atoms with Crippen molar-refractivity contribution in [1.82, 2.24) is 9.80 Å². The minimum absolute atomic E-state index is 0.0325. The van der Waals surface area contributed by atoms with E-state index < -0.39 is 0 Å². The number of ether oxygens (including phenoxy) is 2. The number of urea groups is 1. The molecule has 1 saturated carbocycles. The van der Waals surface area contributed by atoms with Gasteiger partial charge in [0, 0.05) is 44.0 Å². The molecular weight excluding hydrogens is 294 g/mol. The lowest BCUT2D eigenvalue weighted by Gasteiger charge is -2.38. The van der Waals surface area contributed by atoms with E-state index in [1.54, 1.807) is 0 Å². The van der Waals surface area contributed by atoms with Gasteiger partial charge in [0.05, 0.1) is 0 Å². The van der Waals surface area contributed by atoms with Crippen LogP contribution < -0.4 is 14.8 Å². The second-order valence-corrected chi connectivity index (χ2v) is 6.46. The normalized spacial score (nSPS) is 21.7. The summed E-state index contributed by atoms with van der Waals surface area (Å²) in [4.78, 5) is 16.9. The summed E-state index contributed by atoms with van der Waals surface area (Å²) in [5, 5.41) is 2.96. The van der Waals surface area contributed by atoms with Crippen molar-refractivity contribution in [2.75, 3.05) is 38.3 Å². The molecule has 0 radical (unpaired) electrons. The third kappa shape index (κ3) is 3.08. The molecule has 6 nitrogen and oxygen atoms in total. The number of rotatable bonds is 2. The lowest BCUT2D eigenvalue weighted by atomic mass is 10.2. The number of nitrogens with one attached hydrogen (secondary N) is 1. The molecule has 23 heavy (non-hydrogen) atoms. The number of hydrogen-bond acceptors (Lipinski definition) is 4. The van der Waals surface area contributed by atoms with Gasteiger partial charge >= 0.3 is 6.03 Å². The van der Waals surface area contributed by atoms with Gasteiger partial charge < -0.3 is 19.7 Å². The van der Waals surface area contributed by atoms with Gasteiger partial charge in [0.15, 0.2) is 11.5 Å². The molecule has 2 heterocycles. The van der Waals surface area contributed by atoms with Crippen molar-refractivity contribution in [3.63, 3.8) is 0 Å². The second-order valence-electron chi connectivity index (χ2n) is 6.46. The van der Waals surface area contributed by atoms with Gasteiger partial charge in [-0.25, -0.2) is 4.79 Å². The van der Waals surface area contributed by atoms with Crippen molar-refractivity contribution in [3.05, 3.63) is 18.2 Å². The molecular formula is C17H23N3O3. The van der Waals surface area contributed by atoms with Crippen molar-refractivity contribution in [3.8, 4) is 11.5 Å². The van der Waals surface area contributed by atoms with E-state index >= 15 is 0 Å². The smallest absolute Gasteiger partial charge is 0.321 e. The molecule has 1 aromatic rings. The Morgan fingerprint density at radius 3 is 2.57 bits per heavy atom. The number of carbonyl (C=O) groups excluding carboxylic acids is 1. The fourth-order valence-electron chi connectivity index (χ4n) is 3.74. The first-order valence-electron chi connectivity index (χ1n) is 8.49. The summed E-state index contributed by atoms with van der Waals surface area (Å²) < 4.78 is 10.6. The fourth-order valence-corrected chi connectivity index (χ4v) is 3.74. The second kappa shape index (κ2) is 6.28. The van der Waals surface area contributed by atoms with Crippen LogP contribution in [0.3, 0.4) is 0 Å². The third-order valence-electron chi connectivity index (χ3n) is 5.07. The highest BCUT2D eigenvalue weighted by Gasteiger charge is 2.28. The minimum Gasteiger partial charge on any atom is -0.454 e. The van der Waals surface area contributed by atoms with E-state index in [0.717, 1.165) is 43.7 Å². The highest BCUT2D eigenvalue weighted by Crippen LogP contribution is 2.34. The van der Waals surface area contributed by atoms with Crippen LogP contribution in [0.4, 0.5) is 10.5 Å². The summed E-state index contributed by atoms with van der Waals surface area (Å²) in [5.41, 5.74) is 0.748. The van der Waals surface area contributed by atoms with Crippen molar-refractivity contribution in [2.24, 2.45) is 0 Å². The Kier molecular flexibility index (Phi) is 3.99. The van der Waals surface area contributed by atoms with Crippen LogP contribution in [0.5, 0.6) is 11.5 Å². The largest absolute Gasteiger partial charge is 0.454 e. The highest BCUT2D eigenvalue weighted by molar-refractivity contribution is 5.89. The third-order valence-corrected chi connectivity index (χ3v) is 5.07. The molecule has 0 spiro atoms. The van der Waals surface area contributed by atoms with Crippen LogP contribution in [0.2, 0.25) is 0 Å². The quantitative estimate of drug-likeness (QED) is 0.910. The maximum atomic E-state index is 12.4. The van der Waals surface area contributed by atoms with Gasteiger partial charge in [-0.3, -0.25) is 4.90 Å². The Balaban J connectivity index is 1.31. The van der Waals surface area contributed by atoms with Crippen LogP contribution >= 0.6 is 0 Å². The van der Waals surface area contributed by atoms with E-state index in [1.807, 2.05) is 23.1 Å². The molecule has 2 fully saturated rings. The van der Waals surface area contributed by atoms with Gasteiger partial charge in [-0.05, 0) is 25.0 Å². The zero-order valence-electron chi connectivity index (χ0n) is 13.3. The zero-order valence-corrected chi connectivity index (χ0v) is 13.3. The van der Waals surface area contributed by atoms with Crippen LogP contribution in [-0.2, 0) is 0 Å². The van der Waals surface area contributed by atoms with Crippen molar-refractivity contribution < 1.29 is 14.3 Å². The van der Waals surface area contributed by atoms with Gasteiger partial charge in [-0.2, -0.15) is 0 Å². The molecule has 0 aromatic heterocycles. The Labute approximate surface area is 136 Å². The maximum absolute atomic E-state index is 12.4. The summed E-state index contributed by atoms with van der Waals surface area (Å²) in [7, 11) is 0. The van der Waals surface area contributed by atoms with E-state index in [9.17, 15) is 4.79 Å². The van der Waals surface area contributed by atoms with E-state index in [2.05, 4.69) is 10.2 Å². The average Bonchev–Trinajstić information content (AvgIpc) is 3.26. The van der Waals surface area contributed by atoms with Crippen molar-refractivity contribution >= 4 is 11.7 Å². The maximum Gasteiger partial charge on any atom is 0.321 e. The average molecular weight is 317 g/mol. The lowest BCUT2D eigenvalue weighted by Crippen LogP contribution is -2.52. The van der Waals surface area contributed by atoms with Crippen LogP contribution in [0.25, 0.3) is 0 Å². The number of carbonyl (C=O) groups is 1. The van der Waals surface area contributed by atoms with Gasteiger partial charge in [0.1, 0.15) is 0 Å². The van der Waals surface area contributed by atoms with Crippen molar-refractivity contribution in [1.29, 1.82) is 0 Å².